The van der Waals surface area contributed by atoms with Gasteiger partial charge in [0, 0.05) is 36.1 Å². The molecule has 5 rings (SSSR count). The Morgan fingerprint density at radius 3 is 2.79 bits per heavy atom. The number of H-pyrrole nitrogens is 1. The number of benzene rings is 2. The summed E-state index contributed by atoms with van der Waals surface area (Å²) in [4.78, 5) is 35.2. The van der Waals surface area contributed by atoms with E-state index in [4.69, 9.17) is 4.98 Å². The van der Waals surface area contributed by atoms with Gasteiger partial charge in [-0.3, -0.25) is 14.6 Å². The molecule has 0 unspecified atom stereocenters. The Bertz CT molecular complexity index is 1350. The number of amides is 1. The quantitative estimate of drug-likeness (QED) is 0.463. The van der Waals surface area contributed by atoms with Gasteiger partial charge in [0.1, 0.15) is 10.5 Å². The van der Waals surface area contributed by atoms with Gasteiger partial charge < -0.3 is 10.2 Å². The first-order chi connectivity index (χ1) is 16.1. The molecule has 6 nitrogen and oxygen atoms in total. The van der Waals surface area contributed by atoms with Crippen LogP contribution in [0.25, 0.3) is 21.3 Å². The number of thiophene rings is 1. The highest BCUT2D eigenvalue weighted by molar-refractivity contribution is 7.17. The molecule has 0 aliphatic carbocycles. The van der Waals surface area contributed by atoms with Crippen LogP contribution in [0.15, 0.2) is 64.8 Å². The van der Waals surface area contributed by atoms with E-state index in [1.807, 2.05) is 40.6 Å². The van der Waals surface area contributed by atoms with E-state index in [0.717, 1.165) is 24.0 Å². The fourth-order valence-electron chi connectivity index (χ4n) is 4.24. The molecule has 0 saturated carbocycles. The van der Waals surface area contributed by atoms with Crippen LogP contribution in [0.3, 0.4) is 0 Å². The summed E-state index contributed by atoms with van der Waals surface area (Å²) >= 11 is 1.38. The smallest absolute Gasteiger partial charge is 0.270 e. The van der Waals surface area contributed by atoms with Gasteiger partial charge in [-0.2, -0.15) is 0 Å². The van der Waals surface area contributed by atoms with Crippen molar-refractivity contribution < 1.29 is 9.18 Å². The van der Waals surface area contributed by atoms with E-state index in [2.05, 4.69) is 10.3 Å². The lowest BCUT2D eigenvalue weighted by molar-refractivity contribution is -0.125. The molecule has 1 saturated heterocycles. The Morgan fingerprint density at radius 1 is 1.18 bits per heavy atom. The lowest BCUT2D eigenvalue weighted by atomic mass is 9.97. The van der Waals surface area contributed by atoms with E-state index in [9.17, 15) is 14.0 Å². The number of hydrogen-bond donors (Lipinski definition) is 2. The third-order valence-corrected chi connectivity index (χ3v) is 6.97. The molecule has 3 heterocycles. The van der Waals surface area contributed by atoms with Crippen LogP contribution in [0, 0.1) is 11.7 Å². The normalized spacial score (nSPS) is 16.2. The lowest BCUT2D eigenvalue weighted by Gasteiger charge is -2.32. The summed E-state index contributed by atoms with van der Waals surface area (Å²) in [5, 5.41) is 4.81. The molecule has 1 atom stereocenters. The fourth-order valence-corrected chi connectivity index (χ4v) is 5.15. The molecule has 1 aliphatic heterocycles. The average Bonchev–Trinajstić information content (AvgIpc) is 3.29. The number of hydrogen-bond acceptors (Lipinski definition) is 5. The molecule has 2 aromatic carbocycles. The van der Waals surface area contributed by atoms with Crippen LogP contribution in [0.4, 0.5) is 10.3 Å². The molecule has 168 valence electrons. The largest absolute Gasteiger partial charge is 0.352 e. The Morgan fingerprint density at radius 2 is 1.97 bits per heavy atom. The molecule has 0 radical (unpaired) electrons. The fraction of sp³-hybridized carbons (Fsp3) is 0.240. The second-order valence-corrected chi connectivity index (χ2v) is 9.06. The van der Waals surface area contributed by atoms with Gasteiger partial charge in [0.05, 0.1) is 11.4 Å². The van der Waals surface area contributed by atoms with Crippen LogP contribution >= 0.6 is 11.3 Å². The Hall–Kier alpha value is -3.52. The van der Waals surface area contributed by atoms with Gasteiger partial charge in [-0.05, 0) is 24.5 Å². The number of nitrogens with one attached hydrogen (secondary N) is 2. The monoisotopic (exact) mass is 462 g/mol. The molecule has 1 aliphatic rings. The summed E-state index contributed by atoms with van der Waals surface area (Å²) in [5.74, 6) is -0.229. The van der Waals surface area contributed by atoms with Crippen LogP contribution in [0.5, 0.6) is 0 Å². The number of carbonyl (C=O) groups is 1. The Labute approximate surface area is 194 Å². The van der Waals surface area contributed by atoms with Crippen molar-refractivity contribution in [2.24, 2.45) is 5.92 Å². The van der Waals surface area contributed by atoms with Crippen LogP contribution in [0.1, 0.15) is 18.4 Å². The van der Waals surface area contributed by atoms with Crippen LogP contribution in [-0.4, -0.2) is 29.0 Å². The Kier molecular flexibility index (Phi) is 5.92. The molecule has 0 bridgehead atoms. The minimum absolute atomic E-state index is 0.119. The number of carbonyl (C=O) groups excluding carboxylic acids is 1. The molecule has 1 fully saturated rings. The van der Waals surface area contributed by atoms with Gasteiger partial charge >= 0.3 is 0 Å². The van der Waals surface area contributed by atoms with E-state index in [-0.39, 0.29) is 29.7 Å². The van der Waals surface area contributed by atoms with E-state index in [0.29, 0.717) is 34.8 Å². The molecule has 1 amide bonds. The SMILES string of the molecule is O=C(NCc1ccccc1F)[C@@H]1CCCN(c2nc3c(-c4ccccc4)csc3c(=O)[nH]2)C1. The van der Waals surface area contributed by atoms with Gasteiger partial charge in [0.15, 0.2) is 0 Å². The van der Waals surface area contributed by atoms with Crippen molar-refractivity contribution >= 4 is 33.4 Å². The summed E-state index contributed by atoms with van der Waals surface area (Å²) in [5.41, 5.74) is 2.90. The lowest BCUT2D eigenvalue weighted by Crippen LogP contribution is -2.44. The first kappa shape index (κ1) is 21.3. The average molecular weight is 463 g/mol. The topological polar surface area (TPSA) is 78.1 Å². The number of anilines is 1. The molecule has 0 spiro atoms. The van der Waals surface area contributed by atoms with Gasteiger partial charge in [0.25, 0.3) is 5.56 Å². The first-order valence-corrected chi connectivity index (χ1v) is 11.8. The number of fused-ring (bicyclic) bond motifs is 1. The van der Waals surface area contributed by atoms with Crippen molar-refractivity contribution in [3.8, 4) is 11.1 Å². The third kappa shape index (κ3) is 4.39. The van der Waals surface area contributed by atoms with E-state index in [1.54, 1.807) is 18.2 Å². The predicted octanol–water partition coefficient (Wildman–Crippen LogP) is 4.32. The zero-order valence-corrected chi connectivity index (χ0v) is 18.7. The second-order valence-electron chi connectivity index (χ2n) is 8.18. The number of rotatable bonds is 5. The van der Waals surface area contributed by atoms with Crippen molar-refractivity contribution in [2.75, 3.05) is 18.0 Å². The molecule has 4 aromatic rings. The number of piperidine rings is 1. The van der Waals surface area contributed by atoms with Gasteiger partial charge in [-0.25, -0.2) is 9.37 Å². The minimum atomic E-state index is -0.330. The van der Waals surface area contributed by atoms with E-state index < -0.39 is 0 Å². The maximum absolute atomic E-state index is 13.9. The number of aromatic amines is 1. The molecule has 2 N–H and O–H groups in total. The van der Waals surface area contributed by atoms with Crippen LogP contribution in [0.2, 0.25) is 0 Å². The van der Waals surface area contributed by atoms with Crippen LogP contribution < -0.4 is 15.8 Å². The summed E-state index contributed by atoms with van der Waals surface area (Å²) in [7, 11) is 0. The standard InChI is InChI=1S/C25H23FN4O2S/c26-20-11-5-4-9-17(20)13-27-23(31)18-10-6-12-30(14-18)25-28-21-19(16-7-2-1-3-8-16)15-33-22(21)24(32)29-25/h1-5,7-9,11,15,18H,6,10,12-14H2,(H,27,31)(H,28,29,32)/t18-/m1/s1. The molecule has 33 heavy (non-hydrogen) atoms. The second kappa shape index (κ2) is 9.15. The van der Waals surface area contributed by atoms with Gasteiger partial charge in [-0.15, -0.1) is 11.3 Å². The van der Waals surface area contributed by atoms with E-state index >= 15 is 0 Å². The van der Waals surface area contributed by atoms with Gasteiger partial charge in [-0.1, -0.05) is 48.5 Å². The first-order valence-electron chi connectivity index (χ1n) is 10.9. The van der Waals surface area contributed by atoms with Crippen molar-refractivity contribution in [1.29, 1.82) is 0 Å². The zero-order chi connectivity index (χ0) is 22.8. The number of nitrogens with zero attached hydrogens (tertiary/aromatic N) is 2. The zero-order valence-electron chi connectivity index (χ0n) is 17.9. The molecular formula is C25H23FN4O2S. The highest BCUT2D eigenvalue weighted by Gasteiger charge is 2.27. The van der Waals surface area contributed by atoms with Crippen molar-refractivity contribution in [3.05, 3.63) is 81.7 Å². The summed E-state index contributed by atoms with van der Waals surface area (Å²) in [6.07, 6.45) is 1.54. The van der Waals surface area contributed by atoms with Crippen LogP contribution in [-0.2, 0) is 11.3 Å². The Balaban J connectivity index is 1.36. The van der Waals surface area contributed by atoms with E-state index in [1.165, 1.54) is 17.4 Å². The highest BCUT2D eigenvalue weighted by atomic mass is 32.1. The number of aromatic nitrogens is 2. The third-order valence-electron chi connectivity index (χ3n) is 6.00. The summed E-state index contributed by atoms with van der Waals surface area (Å²) in [6, 6.07) is 16.3. The minimum Gasteiger partial charge on any atom is -0.352 e. The maximum Gasteiger partial charge on any atom is 0.270 e. The predicted molar refractivity (Wildman–Crippen MR) is 129 cm³/mol. The number of halogens is 1. The van der Waals surface area contributed by atoms with Crippen molar-refractivity contribution in [3.63, 3.8) is 0 Å². The van der Waals surface area contributed by atoms with Gasteiger partial charge in [0.2, 0.25) is 11.9 Å². The maximum atomic E-state index is 13.9. The summed E-state index contributed by atoms with van der Waals surface area (Å²) in [6.45, 7) is 1.30. The molecule has 2 aromatic heterocycles. The van der Waals surface area contributed by atoms with Crippen molar-refractivity contribution in [1.82, 2.24) is 15.3 Å². The van der Waals surface area contributed by atoms with Crippen molar-refractivity contribution in [2.45, 2.75) is 19.4 Å². The molecular weight excluding hydrogens is 439 g/mol. The summed E-state index contributed by atoms with van der Waals surface area (Å²) < 4.78 is 14.5. The highest BCUT2D eigenvalue weighted by Crippen LogP contribution is 2.32. The molecule has 8 heteroatoms.